The molecule has 1 fully saturated rings. The van der Waals surface area contributed by atoms with Crippen LogP contribution in [-0.2, 0) is 6.18 Å². The van der Waals surface area contributed by atoms with Crippen molar-refractivity contribution in [3.8, 4) is 16.3 Å². The van der Waals surface area contributed by atoms with Gasteiger partial charge < -0.3 is 20.4 Å². The highest BCUT2D eigenvalue weighted by Crippen LogP contribution is 2.35. The number of halogens is 3. The average Bonchev–Trinajstić information content (AvgIpc) is 3.55. The maximum atomic E-state index is 13.8. The molecule has 210 valence electrons. The standard InChI is InChI=1S/C27H29F3N8OS/c1-17-5-6-18(11-23(17)38-16-22(34-35-38)24-15-32-26(31-2)40-24)25(39)33-20-12-19(27(28,29)30)13-21(14-20)37-8-4-7-36(3)9-10-37/h5-6,11-16H,4,7-10H2,1-3H3,(H,31,32)(H,33,39). The van der Waals surface area contributed by atoms with Gasteiger partial charge in [-0.15, -0.1) is 5.10 Å². The summed E-state index contributed by atoms with van der Waals surface area (Å²) in [7, 11) is 3.78. The minimum Gasteiger partial charge on any atom is -0.370 e. The van der Waals surface area contributed by atoms with Crippen LogP contribution in [0.3, 0.4) is 0 Å². The van der Waals surface area contributed by atoms with Gasteiger partial charge >= 0.3 is 6.18 Å². The summed E-state index contributed by atoms with van der Waals surface area (Å²) >= 11 is 1.44. The molecule has 0 spiro atoms. The first kappa shape index (κ1) is 27.6. The molecule has 0 saturated carbocycles. The maximum absolute atomic E-state index is 13.8. The molecule has 0 atom stereocenters. The Kier molecular flexibility index (Phi) is 7.76. The Balaban J connectivity index is 1.41. The molecule has 1 saturated heterocycles. The maximum Gasteiger partial charge on any atom is 0.416 e. The van der Waals surface area contributed by atoms with Crippen molar-refractivity contribution in [1.82, 2.24) is 24.9 Å². The second-order valence-electron chi connectivity index (χ2n) is 9.69. The number of hydrogen-bond donors (Lipinski definition) is 2. The largest absolute Gasteiger partial charge is 0.416 e. The fourth-order valence-corrected chi connectivity index (χ4v) is 5.26. The lowest BCUT2D eigenvalue weighted by molar-refractivity contribution is -0.137. The molecule has 13 heteroatoms. The number of alkyl halides is 3. The summed E-state index contributed by atoms with van der Waals surface area (Å²) in [5, 5.41) is 14.9. The molecule has 0 radical (unpaired) electrons. The molecule has 2 N–H and O–H groups in total. The first-order valence-electron chi connectivity index (χ1n) is 12.7. The Morgan fingerprint density at radius 3 is 2.65 bits per heavy atom. The third-order valence-corrected chi connectivity index (χ3v) is 7.81. The van der Waals surface area contributed by atoms with Crippen LogP contribution in [0.1, 0.15) is 27.9 Å². The molecule has 9 nitrogen and oxygen atoms in total. The van der Waals surface area contributed by atoms with E-state index in [2.05, 4.69) is 30.8 Å². The molecular weight excluding hydrogens is 541 g/mol. The Morgan fingerprint density at radius 1 is 1.07 bits per heavy atom. The van der Waals surface area contributed by atoms with Crippen molar-refractivity contribution < 1.29 is 18.0 Å². The third kappa shape index (κ3) is 6.10. The molecular formula is C27H29F3N8OS. The lowest BCUT2D eigenvalue weighted by atomic mass is 10.1. The Labute approximate surface area is 233 Å². The van der Waals surface area contributed by atoms with Crippen LogP contribution in [0.4, 0.5) is 29.7 Å². The van der Waals surface area contributed by atoms with Crippen LogP contribution in [0.2, 0.25) is 0 Å². The van der Waals surface area contributed by atoms with Gasteiger partial charge in [-0.2, -0.15) is 13.2 Å². The summed E-state index contributed by atoms with van der Waals surface area (Å²) in [5.74, 6) is -0.524. The lowest BCUT2D eigenvalue weighted by Crippen LogP contribution is -2.29. The SMILES string of the molecule is CNc1ncc(-c2cn(-c3cc(C(=O)Nc4cc(N5CCCN(C)CC5)cc(C(F)(F)F)c4)ccc3C)nn2)s1. The van der Waals surface area contributed by atoms with Crippen LogP contribution in [0.15, 0.2) is 48.8 Å². The van der Waals surface area contributed by atoms with Crippen molar-refractivity contribution >= 4 is 33.8 Å². The summed E-state index contributed by atoms with van der Waals surface area (Å²) in [6.07, 6.45) is -0.264. The molecule has 2 aromatic heterocycles. The number of rotatable bonds is 6. The van der Waals surface area contributed by atoms with E-state index >= 15 is 0 Å². The number of benzene rings is 2. The van der Waals surface area contributed by atoms with Crippen LogP contribution in [0.25, 0.3) is 16.3 Å². The van der Waals surface area contributed by atoms with Gasteiger partial charge in [-0.05, 0) is 62.8 Å². The predicted octanol–water partition coefficient (Wildman–Crippen LogP) is 5.15. The van der Waals surface area contributed by atoms with Gasteiger partial charge in [0.05, 0.1) is 22.3 Å². The fourth-order valence-electron chi connectivity index (χ4n) is 4.54. The lowest BCUT2D eigenvalue weighted by Gasteiger charge is -2.25. The average molecular weight is 571 g/mol. The van der Waals surface area contributed by atoms with Crippen molar-refractivity contribution in [3.63, 3.8) is 0 Å². The highest BCUT2D eigenvalue weighted by molar-refractivity contribution is 7.18. The van der Waals surface area contributed by atoms with E-state index in [1.165, 1.54) is 11.3 Å². The molecule has 1 amide bonds. The normalized spacial score (nSPS) is 14.7. The highest BCUT2D eigenvalue weighted by atomic mass is 32.1. The zero-order valence-corrected chi connectivity index (χ0v) is 23.1. The zero-order valence-electron chi connectivity index (χ0n) is 22.3. The van der Waals surface area contributed by atoms with Gasteiger partial charge in [0, 0.05) is 49.8 Å². The molecule has 3 heterocycles. The molecule has 0 unspecified atom stereocenters. The summed E-state index contributed by atoms with van der Waals surface area (Å²) in [6.45, 7) is 4.74. The molecule has 40 heavy (non-hydrogen) atoms. The van der Waals surface area contributed by atoms with Gasteiger partial charge in [0.2, 0.25) is 0 Å². The van der Waals surface area contributed by atoms with Crippen LogP contribution < -0.4 is 15.5 Å². The smallest absolute Gasteiger partial charge is 0.370 e. The van der Waals surface area contributed by atoms with E-state index < -0.39 is 17.6 Å². The van der Waals surface area contributed by atoms with Crippen LogP contribution in [-0.4, -0.2) is 71.1 Å². The van der Waals surface area contributed by atoms with E-state index in [0.29, 0.717) is 30.2 Å². The highest BCUT2D eigenvalue weighted by Gasteiger charge is 2.32. The van der Waals surface area contributed by atoms with Crippen LogP contribution >= 0.6 is 11.3 Å². The number of thiazole rings is 1. The van der Waals surface area contributed by atoms with Gasteiger partial charge in [0.15, 0.2) is 5.13 Å². The molecule has 4 aromatic rings. The first-order valence-corrected chi connectivity index (χ1v) is 13.6. The molecule has 1 aliphatic heterocycles. The van der Waals surface area contributed by atoms with E-state index in [4.69, 9.17) is 0 Å². The number of carbonyl (C=O) groups excluding carboxylic acids is 1. The van der Waals surface area contributed by atoms with E-state index in [1.54, 1.807) is 48.4 Å². The first-order chi connectivity index (χ1) is 19.1. The minimum absolute atomic E-state index is 0.0862. The number of nitrogens with one attached hydrogen (secondary N) is 2. The van der Waals surface area contributed by atoms with Crippen LogP contribution in [0.5, 0.6) is 0 Å². The Hall–Kier alpha value is -3.97. The summed E-state index contributed by atoms with van der Waals surface area (Å²) < 4.78 is 42.9. The van der Waals surface area contributed by atoms with Crippen molar-refractivity contribution in [2.24, 2.45) is 0 Å². The molecule has 0 aliphatic carbocycles. The number of amides is 1. The van der Waals surface area contributed by atoms with E-state index in [-0.39, 0.29) is 11.3 Å². The summed E-state index contributed by atoms with van der Waals surface area (Å²) in [5.41, 5.74) is 2.10. The monoisotopic (exact) mass is 570 g/mol. The van der Waals surface area contributed by atoms with Crippen LogP contribution in [0, 0.1) is 6.92 Å². The van der Waals surface area contributed by atoms with E-state index in [1.807, 2.05) is 18.9 Å². The fraction of sp³-hybridized carbons (Fsp3) is 0.333. The number of nitrogens with zero attached hydrogens (tertiary/aromatic N) is 6. The quantitative estimate of drug-likeness (QED) is 0.331. The van der Waals surface area contributed by atoms with Gasteiger partial charge in [0.1, 0.15) is 5.69 Å². The predicted molar refractivity (Wildman–Crippen MR) is 150 cm³/mol. The third-order valence-electron chi connectivity index (χ3n) is 6.77. The van der Waals surface area contributed by atoms with Crippen molar-refractivity contribution in [1.29, 1.82) is 0 Å². The van der Waals surface area contributed by atoms with Gasteiger partial charge in [0.25, 0.3) is 5.91 Å². The van der Waals surface area contributed by atoms with Gasteiger partial charge in [-0.1, -0.05) is 22.6 Å². The number of anilines is 3. The van der Waals surface area contributed by atoms with E-state index in [0.717, 1.165) is 47.2 Å². The summed E-state index contributed by atoms with van der Waals surface area (Å²) in [4.78, 5) is 22.4. The molecule has 1 aliphatic rings. The van der Waals surface area contributed by atoms with Crippen molar-refractivity contribution in [2.75, 3.05) is 55.8 Å². The number of aryl methyl sites for hydroxylation is 1. The molecule has 5 rings (SSSR count). The second kappa shape index (κ2) is 11.3. The molecule has 2 aromatic carbocycles. The van der Waals surface area contributed by atoms with Gasteiger partial charge in [-0.3, -0.25) is 4.79 Å². The Morgan fingerprint density at radius 2 is 1.90 bits per heavy atom. The number of hydrogen-bond acceptors (Lipinski definition) is 8. The Bertz CT molecular complexity index is 1520. The van der Waals surface area contributed by atoms with Crippen molar-refractivity contribution in [3.05, 3.63) is 65.5 Å². The number of aromatic nitrogens is 4. The zero-order chi connectivity index (χ0) is 28.4. The summed E-state index contributed by atoms with van der Waals surface area (Å²) in [6, 6.07) is 8.77. The molecule has 0 bridgehead atoms. The number of likely N-dealkylation sites (N-methyl/N-ethyl adjacent to an activating group) is 1. The second-order valence-corrected chi connectivity index (χ2v) is 10.7. The topological polar surface area (TPSA) is 91.2 Å². The van der Waals surface area contributed by atoms with Gasteiger partial charge in [-0.25, -0.2) is 9.67 Å². The minimum atomic E-state index is -4.55. The van der Waals surface area contributed by atoms with Crippen molar-refractivity contribution in [2.45, 2.75) is 19.5 Å². The van der Waals surface area contributed by atoms with E-state index in [9.17, 15) is 18.0 Å². The number of carbonyl (C=O) groups is 1.